The predicted octanol–water partition coefficient (Wildman–Crippen LogP) is 2.48. The minimum absolute atomic E-state index is 0.0263. The SMILES string of the molecule is CC1(CNc2nccc(C(F)(F)F)n2)CCCO1. The summed E-state index contributed by atoms with van der Waals surface area (Å²) in [5.41, 5.74) is -1.30. The molecule has 1 aliphatic heterocycles. The molecule has 7 heteroatoms. The summed E-state index contributed by atoms with van der Waals surface area (Å²) in [4.78, 5) is 7.20. The molecule has 4 nitrogen and oxygen atoms in total. The number of nitrogens with zero attached hydrogens (tertiary/aromatic N) is 2. The first kappa shape index (κ1) is 13.1. The third-order valence-electron chi connectivity index (χ3n) is 2.87. The van der Waals surface area contributed by atoms with E-state index in [1.54, 1.807) is 0 Å². The van der Waals surface area contributed by atoms with Crippen LogP contribution in [0.4, 0.5) is 19.1 Å². The second-order valence-electron chi connectivity index (χ2n) is 4.52. The van der Waals surface area contributed by atoms with E-state index in [0.29, 0.717) is 13.2 Å². The molecule has 18 heavy (non-hydrogen) atoms. The molecular weight excluding hydrogens is 247 g/mol. The van der Waals surface area contributed by atoms with Crippen LogP contribution in [0.25, 0.3) is 0 Å². The van der Waals surface area contributed by atoms with Gasteiger partial charge >= 0.3 is 6.18 Å². The minimum atomic E-state index is -4.45. The van der Waals surface area contributed by atoms with E-state index >= 15 is 0 Å². The molecule has 0 aromatic carbocycles. The van der Waals surface area contributed by atoms with Gasteiger partial charge in [0.15, 0.2) is 0 Å². The van der Waals surface area contributed by atoms with Crippen LogP contribution in [0.15, 0.2) is 12.3 Å². The van der Waals surface area contributed by atoms with Crippen LogP contribution in [0.1, 0.15) is 25.5 Å². The predicted molar refractivity (Wildman–Crippen MR) is 59.1 cm³/mol. The van der Waals surface area contributed by atoms with E-state index in [2.05, 4.69) is 15.3 Å². The van der Waals surface area contributed by atoms with Gasteiger partial charge in [0.05, 0.1) is 5.60 Å². The molecule has 1 aliphatic rings. The Hall–Kier alpha value is -1.37. The number of alkyl halides is 3. The zero-order valence-corrected chi connectivity index (χ0v) is 9.92. The van der Waals surface area contributed by atoms with Crippen molar-refractivity contribution in [2.45, 2.75) is 31.5 Å². The summed E-state index contributed by atoms with van der Waals surface area (Å²) in [5, 5.41) is 2.79. The molecule has 1 atom stereocenters. The van der Waals surface area contributed by atoms with Crippen LogP contribution in [-0.4, -0.2) is 28.7 Å². The Morgan fingerprint density at radius 2 is 2.28 bits per heavy atom. The molecular formula is C11H14F3N3O. The van der Waals surface area contributed by atoms with Crippen molar-refractivity contribution in [3.8, 4) is 0 Å². The number of anilines is 1. The molecule has 2 rings (SSSR count). The monoisotopic (exact) mass is 261 g/mol. The van der Waals surface area contributed by atoms with Crippen molar-refractivity contribution in [2.24, 2.45) is 0 Å². The highest BCUT2D eigenvalue weighted by atomic mass is 19.4. The lowest BCUT2D eigenvalue weighted by Crippen LogP contribution is -2.33. The van der Waals surface area contributed by atoms with Gasteiger partial charge in [0, 0.05) is 19.3 Å². The standard InChI is InChI=1S/C11H14F3N3O/c1-10(4-2-6-18-10)7-16-9-15-5-3-8(17-9)11(12,13)14/h3,5H,2,4,6-7H2,1H3,(H,15,16,17). The second kappa shape index (κ2) is 4.72. The van der Waals surface area contributed by atoms with Crippen LogP contribution in [0, 0.1) is 0 Å². The van der Waals surface area contributed by atoms with Gasteiger partial charge in [0.25, 0.3) is 0 Å². The first-order chi connectivity index (χ1) is 8.39. The molecule has 0 spiro atoms. The largest absolute Gasteiger partial charge is 0.433 e. The number of ether oxygens (including phenoxy) is 1. The van der Waals surface area contributed by atoms with Crippen molar-refractivity contribution in [3.05, 3.63) is 18.0 Å². The maximum Gasteiger partial charge on any atom is 0.433 e. The Bertz CT molecular complexity index is 416. The molecule has 1 saturated heterocycles. The van der Waals surface area contributed by atoms with Gasteiger partial charge in [-0.2, -0.15) is 13.2 Å². The summed E-state index contributed by atoms with van der Waals surface area (Å²) in [5.74, 6) is -0.0263. The number of nitrogens with one attached hydrogen (secondary N) is 1. The van der Waals surface area contributed by atoms with E-state index < -0.39 is 11.9 Å². The Morgan fingerprint density at radius 3 is 2.89 bits per heavy atom. The van der Waals surface area contributed by atoms with Crippen LogP contribution in [0.3, 0.4) is 0 Å². The lowest BCUT2D eigenvalue weighted by Gasteiger charge is -2.23. The van der Waals surface area contributed by atoms with E-state index in [-0.39, 0.29) is 11.5 Å². The normalized spacial score (nSPS) is 24.2. The van der Waals surface area contributed by atoms with Crippen molar-refractivity contribution in [1.82, 2.24) is 9.97 Å². The highest BCUT2D eigenvalue weighted by molar-refractivity contribution is 5.26. The summed E-state index contributed by atoms with van der Waals surface area (Å²) in [6.07, 6.45) is -1.52. The molecule has 1 fully saturated rings. The molecule has 0 aliphatic carbocycles. The van der Waals surface area contributed by atoms with Gasteiger partial charge in [-0.3, -0.25) is 0 Å². The molecule has 2 heterocycles. The minimum Gasteiger partial charge on any atom is -0.373 e. The van der Waals surface area contributed by atoms with Gasteiger partial charge in [-0.15, -0.1) is 0 Å². The quantitative estimate of drug-likeness (QED) is 0.908. The Balaban J connectivity index is 2.01. The maximum absolute atomic E-state index is 12.4. The van der Waals surface area contributed by atoms with Crippen molar-refractivity contribution in [1.29, 1.82) is 0 Å². The van der Waals surface area contributed by atoms with E-state index in [0.717, 1.165) is 25.1 Å². The smallest absolute Gasteiger partial charge is 0.373 e. The Morgan fingerprint density at radius 1 is 1.50 bits per heavy atom. The highest BCUT2D eigenvalue weighted by Crippen LogP contribution is 2.28. The number of halogens is 3. The summed E-state index contributed by atoms with van der Waals surface area (Å²) < 4.78 is 42.8. The third kappa shape index (κ3) is 3.10. The third-order valence-corrected chi connectivity index (χ3v) is 2.87. The number of rotatable bonds is 3. The fraction of sp³-hybridized carbons (Fsp3) is 0.636. The summed E-state index contributed by atoms with van der Waals surface area (Å²) in [6, 6.07) is 0.846. The number of hydrogen-bond acceptors (Lipinski definition) is 4. The highest BCUT2D eigenvalue weighted by Gasteiger charge is 2.33. The first-order valence-corrected chi connectivity index (χ1v) is 5.67. The van der Waals surface area contributed by atoms with Gasteiger partial charge in [0.1, 0.15) is 5.69 Å². The summed E-state index contributed by atoms with van der Waals surface area (Å²) >= 11 is 0. The Labute approximate surface area is 103 Å². The van der Waals surface area contributed by atoms with Gasteiger partial charge in [-0.05, 0) is 25.8 Å². The van der Waals surface area contributed by atoms with Crippen LogP contribution in [-0.2, 0) is 10.9 Å². The fourth-order valence-electron chi connectivity index (χ4n) is 1.84. The average Bonchev–Trinajstić information content (AvgIpc) is 2.74. The second-order valence-corrected chi connectivity index (χ2v) is 4.52. The van der Waals surface area contributed by atoms with Crippen molar-refractivity contribution < 1.29 is 17.9 Å². The Kier molecular flexibility index (Phi) is 3.43. The number of aromatic nitrogens is 2. The summed E-state index contributed by atoms with van der Waals surface area (Å²) in [6.45, 7) is 3.00. The average molecular weight is 261 g/mol. The van der Waals surface area contributed by atoms with Gasteiger partial charge in [-0.1, -0.05) is 0 Å². The van der Waals surface area contributed by atoms with Crippen molar-refractivity contribution >= 4 is 5.95 Å². The van der Waals surface area contributed by atoms with Gasteiger partial charge in [0.2, 0.25) is 5.95 Å². The zero-order chi connectivity index (χ0) is 13.2. The lowest BCUT2D eigenvalue weighted by molar-refractivity contribution is -0.141. The summed E-state index contributed by atoms with van der Waals surface area (Å²) in [7, 11) is 0. The lowest BCUT2D eigenvalue weighted by atomic mass is 10.0. The molecule has 1 unspecified atom stereocenters. The van der Waals surface area contributed by atoms with E-state index in [1.807, 2.05) is 6.92 Å². The van der Waals surface area contributed by atoms with Gasteiger partial charge in [-0.25, -0.2) is 9.97 Å². The van der Waals surface area contributed by atoms with Crippen LogP contribution in [0.2, 0.25) is 0 Å². The molecule has 100 valence electrons. The first-order valence-electron chi connectivity index (χ1n) is 5.67. The van der Waals surface area contributed by atoms with Crippen LogP contribution >= 0.6 is 0 Å². The molecule has 0 amide bonds. The number of hydrogen-bond donors (Lipinski definition) is 1. The topological polar surface area (TPSA) is 47.0 Å². The molecule has 0 radical (unpaired) electrons. The zero-order valence-electron chi connectivity index (χ0n) is 9.92. The van der Waals surface area contributed by atoms with Crippen LogP contribution in [0.5, 0.6) is 0 Å². The van der Waals surface area contributed by atoms with E-state index in [4.69, 9.17) is 4.74 Å². The fourth-order valence-corrected chi connectivity index (χ4v) is 1.84. The van der Waals surface area contributed by atoms with Crippen molar-refractivity contribution in [3.63, 3.8) is 0 Å². The molecule has 1 aromatic rings. The van der Waals surface area contributed by atoms with E-state index in [1.165, 1.54) is 0 Å². The van der Waals surface area contributed by atoms with Crippen molar-refractivity contribution in [2.75, 3.05) is 18.5 Å². The molecule has 1 aromatic heterocycles. The molecule has 0 bridgehead atoms. The molecule has 0 saturated carbocycles. The van der Waals surface area contributed by atoms with Gasteiger partial charge < -0.3 is 10.1 Å². The van der Waals surface area contributed by atoms with E-state index in [9.17, 15) is 13.2 Å². The van der Waals surface area contributed by atoms with Crippen LogP contribution < -0.4 is 5.32 Å². The maximum atomic E-state index is 12.4. The molecule has 1 N–H and O–H groups in total.